The number of nitrogens with zero attached hydrogens (tertiary/aromatic N) is 1. The second-order valence-electron chi connectivity index (χ2n) is 7.60. The quantitative estimate of drug-likeness (QED) is 0.267. The molecule has 0 aromatic carbocycles. The van der Waals surface area contributed by atoms with Gasteiger partial charge in [0.05, 0.1) is 6.04 Å². The minimum absolute atomic E-state index is 0.0463. The Bertz CT molecular complexity index is 638. The van der Waals surface area contributed by atoms with Gasteiger partial charge in [0.25, 0.3) is 0 Å². The molecule has 0 spiro atoms. The van der Waals surface area contributed by atoms with E-state index in [1.165, 1.54) is 4.90 Å². The predicted octanol–water partition coefficient (Wildman–Crippen LogP) is -1.70. The fourth-order valence-electron chi connectivity index (χ4n) is 3.18. The number of primary amides is 1. The summed E-state index contributed by atoms with van der Waals surface area (Å²) in [4.78, 5) is 60.6. The van der Waals surface area contributed by atoms with Gasteiger partial charge >= 0.3 is 5.97 Å². The van der Waals surface area contributed by atoms with Crippen molar-refractivity contribution < 1.29 is 29.1 Å². The Morgan fingerprint density at radius 1 is 1.21 bits per heavy atom. The van der Waals surface area contributed by atoms with Gasteiger partial charge in [0.15, 0.2) is 0 Å². The summed E-state index contributed by atoms with van der Waals surface area (Å²) in [6.07, 6.45) is 1.37. The third kappa shape index (κ3) is 8.06. The lowest BCUT2D eigenvalue weighted by molar-refractivity contribution is -0.143. The van der Waals surface area contributed by atoms with E-state index in [4.69, 9.17) is 16.6 Å². The van der Waals surface area contributed by atoms with Crippen molar-refractivity contribution >= 4 is 29.6 Å². The molecular formula is C18H31N5O6. The monoisotopic (exact) mass is 413 g/mol. The number of nitrogens with one attached hydrogen (secondary N) is 2. The first-order valence-corrected chi connectivity index (χ1v) is 9.67. The first kappa shape index (κ1) is 24.3. The number of carboxylic acid groups (broad SMARTS) is 1. The molecule has 29 heavy (non-hydrogen) atoms. The van der Waals surface area contributed by atoms with E-state index in [2.05, 4.69) is 10.6 Å². The van der Waals surface area contributed by atoms with Crippen LogP contribution in [0.4, 0.5) is 0 Å². The molecular weight excluding hydrogens is 382 g/mol. The molecule has 0 aromatic rings. The Hall–Kier alpha value is -2.69. The van der Waals surface area contributed by atoms with Crippen LogP contribution in [0.15, 0.2) is 0 Å². The highest BCUT2D eigenvalue weighted by Gasteiger charge is 2.38. The van der Waals surface area contributed by atoms with Crippen molar-refractivity contribution in [2.75, 3.05) is 13.1 Å². The van der Waals surface area contributed by atoms with Gasteiger partial charge in [0.1, 0.15) is 18.6 Å². The maximum absolute atomic E-state index is 13.1. The number of carbonyl (C=O) groups is 5. The maximum Gasteiger partial charge on any atom is 0.322 e. The highest BCUT2D eigenvalue weighted by atomic mass is 16.4. The number of rotatable bonds is 11. The molecule has 1 aliphatic rings. The Balaban J connectivity index is 2.83. The van der Waals surface area contributed by atoms with Gasteiger partial charge in [0, 0.05) is 13.0 Å². The van der Waals surface area contributed by atoms with Gasteiger partial charge < -0.3 is 32.1 Å². The van der Waals surface area contributed by atoms with Gasteiger partial charge in [-0.3, -0.25) is 24.0 Å². The van der Waals surface area contributed by atoms with Crippen molar-refractivity contribution in [1.29, 1.82) is 0 Å². The third-order valence-corrected chi connectivity index (χ3v) is 4.61. The van der Waals surface area contributed by atoms with Gasteiger partial charge in [-0.2, -0.15) is 0 Å². The zero-order valence-corrected chi connectivity index (χ0v) is 16.8. The topological polar surface area (TPSA) is 185 Å². The molecule has 1 saturated heterocycles. The molecule has 1 heterocycles. The summed E-state index contributed by atoms with van der Waals surface area (Å²) >= 11 is 0. The molecule has 0 radical (unpaired) electrons. The van der Waals surface area contributed by atoms with Crippen LogP contribution in [0.3, 0.4) is 0 Å². The molecule has 7 N–H and O–H groups in total. The van der Waals surface area contributed by atoms with E-state index in [1.54, 1.807) is 0 Å². The Kier molecular flexibility index (Phi) is 9.53. The number of aliphatic carboxylic acids is 1. The molecule has 1 aliphatic heterocycles. The summed E-state index contributed by atoms with van der Waals surface area (Å²) in [6, 6.07) is -2.65. The number of hydrogen-bond donors (Lipinski definition) is 5. The summed E-state index contributed by atoms with van der Waals surface area (Å²) in [6.45, 7) is 3.58. The predicted molar refractivity (Wildman–Crippen MR) is 103 cm³/mol. The van der Waals surface area contributed by atoms with Gasteiger partial charge in [-0.1, -0.05) is 13.8 Å². The Labute approximate surface area is 169 Å². The Morgan fingerprint density at radius 2 is 1.86 bits per heavy atom. The first-order chi connectivity index (χ1) is 13.5. The standard InChI is InChI=1S/C18H31N5O6/c1-10(2)8-12(22-16(27)11(19)5-6-14(20)24)18(29)23-7-3-4-13(23)17(28)21-9-15(25)26/h10-13H,3-9,19H2,1-2H3,(H2,20,24)(H,21,28)(H,22,27)(H,25,26). The maximum atomic E-state index is 13.1. The molecule has 11 heteroatoms. The highest BCUT2D eigenvalue weighted by Crippen LogP contribution is 2.20. The molecule has 1 rings (SSSR count). The second-order valence-corrected chi connectivity index (χ2v) is 7.60. The summed E-state index contributed by atoms with van der Waals surface area (Å²) in [7, 11) is 0. The van der Waals surface area contributed by atoms with Gasteiger partial charge in [-0.05, 0) is 31.6 Å². The molecule has 0 aliphatic carbocycles. The lowest BCUT2D eigenvalue weighted by Crippen LogP contribution is -2.56. The zero-order chi connectivity index (χ0) is 22.1. The number of carboxylic acids is 1. The molecule has 4 amide bonds. The average Bonchev–Trinajstić information content (AvgIpc) is 3.12. The number of likely N-dealkylation sites (tertiary alicyclic amines) is 1. The van der Waals surface area contributed by atoms with E-state index in [0.29, 0.717) is 25.8 Å². The normalized spacial score (nSPS) is 18.2. The summed E-state index contributed by atoms with van der Waals surface area (Å²) in [5.74, 6) is -3.20. The minimum atomic E-state index is -1.18. The van der Waals surface area contributed by atoms with Crippen molar-refractivity contribution in [1.82, 2.24) is 15.5 Å². The van der Waals surface area contributed by atoms with E-state index in [-0.39, 0.29) is 18.8 Å². The average molecular weight is 413 g/mol. The fraction of sp³-hybridized carbons (Fsp3) is 0.722. The molecule has 0 saturated carbocycles. The number of carbonyl (C=O) groups excluding carboxylic acids is 4. The Morgan fingerprint density at radius 3 is 2.41 bits per heavy atom. The van der Waals surface area contributed by atoms with Crippen LogP contribution < -0.4 is 22.1 Å². The lowest BCUT2D eigenvalue weighted by atomic mass is 10.0. The molecule has 0 bridgehead atoms. The molecule has 164 valence electrons. The van der Waals surface area contributed by atoms with Crippen molar-refractivity contribution in [3.8, 4) is 0 Å². The van der Waals surface area contributed by atoms with Crippen LogP contribution in [-0.2, 0) is 24.0 Å². The van der Waals surface area contributed by atoms with Crippen molar-refractivity contribution in [2.45, 2.75) is 64.1 Å². The van der Waals surface area contributed by atoms with Crippen molar-refractivity contribution in [2.24, 2.45) is 17.4 Å². The van der Waals surface area contributed by atoms with E-state index < -0.39 is 54.3 Å². The van der Waals surface area contributed by atoms with E-state index >= 15 is 0 Å². The summed E-state index contributed by atoms with van der Waals surface area (Å²) in [5.41, 5.74) is 10.8. The van der Waals surface area contributed by atoms with Crippen LogP contribution in [-0.4, -0.2) is 70.8 Å². The van der Waals surface area contributed by atoms with E-state index in [9.17, 15) is 24.0 Å². The van der Waals surface area contributed by atoms with Crippen LogP contribution in [0.1, 0.15) is 46.0 Å². The van der Waals surface area contributed by atoms with Crippen molar-refractivity contribution in [3.05, 3.63) is 0 Å². The third-order valence-electron chi connectivity index (χ3n) is 4.61. The molecule has 0 aromatic heterocycles. The number of nitrogens with two attached hydrogens (primary N) is 2. The van der Waals surface area contributed by atoms with E-state index in [0.717, 1.165) is 0 Å². The zero-order valence-electron chi connectivity index (χ0n) is 16.8. The van der Waals surface area contributed by atoms with Crippen LogP contribution in [0, 0.1) is 5.92 Å². The second kappa shape index (κ2) is 11.3. The molecule has 3 unspecified atom stereocenters. The molecule has 3 atom stereocenters. The molecule has 1 fully saturated rings. The van der Waals surface area contributed by atoms with Crippen LogP contribution in [0.2, 0.25) is 0 Å². The number of amides is 4. The minimum Gasteiger partial charge on any atom is -0.480 e. The van der Waals surface area contributed by atoms with Crippen LogP contribution in [0.25, 0.3) is 0 Å². The summed E-state index contributed by atoms with van der Waals surface area (Å²) < 4.78 is 0. The summed E-state index contributed by atoms with van der Waals surface area (Å²) in [5, 5.41) is 13.6. The largest absolute Gasteiger partial charge is 0.480 e. The van der Waals surface area contributed by atoms with Crippen LogP contribution in [0.5, 0.6) is 0 Å². The van der Waals surface area contributed by atoms with Gasteiger partial charge in [0.2, 0.25) is 23.6 Å². The van der Waals surface area contributed by atoms with Gasteiger partial charge in [-0.15, -0.1) is 0 Å². The number of hydrogen-bond acceptors (Lipinski definition) is 6. The highest BCUT2D eigenvalue weighted by molar-refractivity contribution is 5.94. The van der Waals surface area contributed by atoms with Crippen molar-refractivity contribution in [3.63, 3.8) is 0 Å². The van der Waals surface area contributed by atoms with Crippen LogP contribution >= 0.6 is 0 Å². The smallest absolute Gasteiger partial charge is 0.322 e. The molecule has 11 nitrogen and oxygen atoms in total. The first-order valence-electron chi connectivity index (χ1n) is 9.67. The fourth-order valence-corrected chi connectivity index (χ4v) is 3.18. The van der Waals surface area contributed by atoms with E-state index in [1.807, 2.05) is 13.8 Å². The lowest BCUT2D eigenvalue weighted by Gasteiger charge is -2.30. The SMILES string of the molecule is CC(C)CC(NC(=O)C(N)CCC(N)=O)C(=O)N1CCCC1C(=O)NCC(=O)O. The van der Waals surface area contributed by atoms with Gasteiger partial charge in [-0.25, -0.2) is 0 Å².